The van der Waals surface area contributed by atoms with Crippen LogP contribution in [-0.4, -0.2) is 52.7 Å². The monoisotopic (exact) mass is 315 g/mol. The van der Waals surface area contributed by atoms with Crippen molar-refractivity contribution in [2.75, 3.05) is 26.8 Å². The van der Waals surface area contributed by atoms with E-state index in [-0.39, 0.29) is 18.4 Å². The van der Waals surface area contributed by atoms with Gasteiger partial charge in [-0.1, -0.05) is 12.1 Å². The highest BCUT2D eigenvalue weighted by Crippen LogP contribution is 2.24. The largest absolute Gasteiger partial charge is 0.497 e. The Morgan fingerprint density at radius 2 is 2.35 bits per heavy atom. The zero-order valence-corrected chi connectivity index (χ0v) is 13.4. The summed E-state index contributed by atoms with van der Waals surface area (Å²) < 4.78 is 5.23. The minimum atomic E-state index is -0.0798. The van der Waals surface area contributed by atoms with Gasteiger partial charge >= 0.3 is 0 Å². The van der Waals surface area contributed by atoms with Gasteiger partial charge < -0.3 is 19.7 Å². The van der Waals surface area contributed by atoms with Gasteiger partial charge in [0.05, 0.1) is 7.11 Å². The summed E-state index contributed by atoms with van der Waals surface area (Å²) in [5.74, 6) is 1.50. The molecule has 1 atom stereocenters. The molecule has 23 heavy (non-hydrogen) atoms. The number of H-pyrrole nitrogens is 1. The number of hydrogen-bond donors (Lipinski definition) is 2. The van der Waals surface area contributed by atoms with E-state index in [9.17, 15) is 9.90 Å². The normalized spacial score (nSPS) is 17.5. The fourth-order valence-electron chi connectivity index (χ4n) is 2.89. The lowest BCUT2D eigenvalue weighted by molar-refractivity contribution is 0.0776. The van der Waals surface area contributed by atoms with Crippen LogP contribution >= 0.6 is 0 Å². The van der Waals surface area contributed by atoms with Crippen molar-refractivity contribution in [3.05, 3.63) is 35.7 Å². The van der Waals surface area contributed by atoms with Gasteiger partial charge in [-0.2, -0.15) is 0 Å². The van der Waals surface area contributed by atoms with Crippen LogP contribution in [0.4, 0.5) is 0 Å². The second-order valence-electron chi connectivity index (χ2n) is 5.88. The number of methoxy groups -OCH3 is 1. The van der Waals surface area contributed by atoms with Gasteiger partial charge in [0, 0.05) is 36.9 Å². The maximum Gasteiger partial charge on any atom is 0.274 e. The summed E-state index contributed by atoms with van der Waals surface area (Å²) in [6.45, 7) is 3.24. The zero-order valence-electron chi connectivity index (χ0n) is 13.4. The number of benzene rings is 1. The van der Waals surface area contributed by atoms with Gasteiger partial charge in [-0.25, -0.2) is 4.98 Å². The summed E-state index contributed by atoms with van der Waals surface area (Å²) in [7, 11) is 1.62. The van der Waals surface area contributed by atoms with Crippen molar-refractivity contribution in [2.24, 2.45) is 5.92 Å². The van der Waals surface area contributed by atoms with Crippen LogP contribution in [0.1, 0.15) is 22.6 Å². The number of likely N-dealkylation sites (tertiary alicyclic amines) is 1. The maximum absolute atomic E-state index is 12.6. The Morgan fingerprint density at radius 3 is 3.04 bits per heavy atom. The number of aromatic nitrogens is 2. The van der Waals surface area contributed by atoms with Crippen molar-refractivity contribution >= 4 is 5.91 Å². The van der Waals surface area contributed by atoms with Crippen LogP contribution in [0.15, 0.2) is 24.3 Å². The van der Waals surface area contributed by atoms with E-state index in [1.807, 2.05) is 31.2 Å². The number of rotatable bonds is 4. The summed E-state index contributed by atoms with van der Waals surface area (Å²) in [4.78, 5) is 22.1. The second kappa shape index (κ2) is 6.42. The first kappa shape index (κ1) is 15.6. The van der Waals surface area contributed by atoms with Gasteiger partial charge in [0.1, 0.15) is 17.3 Å². The van der Waals surface area contributed by atoms with Crippen LogP contribution in [0.5, 0.6) is 5.75 Å². The van der Waals surface area contributed by atoms with Crippen molar-refractivity contribution in [1.29, 1.82) is 0 Å². The topological polar surface area (TPSA) is 78.4 Å². The van der Waals surface area contributed by atoms with E-state index >= 15 is 0 Å². The number of hydrogen-bond acceptors (Lipinski definition) is 4. The molecule has 0 saturated carbocycles. The second-order valence-corrected chi connectivity index (χ2v) is 5.88. The molecule has 1 fully saturated rings. The van der Waals surface area contributed by atoms with Crippen LogP contribution in [0.25, 0.3) is 11.4 Å². The number of aromatic amines is 1. The third-order valence-electron chi connectivity index (χ3n) is 4.26. The SMILES string of the molecule is COc1cccc(-c2nc(C(=O)N3CCC(CO)C3)c(C)[nH]2)c1. The van der Waals surface area contributed by atoms with Crippen LogP contribution < -0.4 is 4.74 Å². The smallest absolute Gasteiger partial charge is 0.274 e. The number of carbonyl (C=O) groups excluding carboxylic acids is 1. The fraction of sp³-hybridized carbons (Fsp3) is 0.412. The molecule has 1 amide bonds. The fourth-order valence-corrected chi connectivity index (χ4v) is 2.89. The minimum Gasteiger partial charge on any atom is -0.497 e. The molecular weight excluding hydrogens is 294 g/mol. The summed E-state index contributed by atoms with van der Waals surface area (Å²) >= 11 is 0. The molecule has 6 heteroatoms. The van der Waals surface area contributed by atoms with Gasteiger partial charge in [0.25, 0.3) is 5.91 Å². The van der Waals surface area contributed by atoms with Gasteiger partial charge in [-0.15, -0.1) is 0 Å². The Balaban J connectivity index is 1.84. The highest BCUT2D eigenvalue weighted by Gasteiger charge is 2.29. The van der Waals surface area contributed by atoms with Crippen LogP contribution in [0, 0.1) is 12.8 Å². The third kappa shape index (κ3) is 3.07. The summed E-state index contributed by atoms with van der Waals surface area (Å²) in [5, 5.41) is 9.22. The van der Waals surface area contributed by atoms with Crippen LogP contribution in [0.2, 0.25) is 0 Å². The molecule has 1 saturated heterocycles. The summed E-state index contributed by atoms with van der Waals surface area (Å²) in [5.41, 5.74) is 2.07. The Bertz CT molecular complexity index is 711. The average Bonchev–Trinajstić information content (AvgIpc) is 3.21. The molecule has 0 radical (unpaired) electrons. The molecule has 1 unspecified atom stereocenters. The molecule has 1 aromatic heterocycles. The highest BCUT2D eigenvalue weighted by molar-refractivity contribution is 5.94. The van der Waals surface area contributed by atoms with E-state index in [0.29, 0.717) is 24.6 Å². The van der Waals surface area contributed by atoms with E-state index in [1.165, 1.54) is 0 Å². The summed E-state index contributed by atoms with van der Waals surface area (Å²) in [6.07, 6.45) is 0.842. The van der Waals surface area contributed by atoms with E-state index in [4.69, 9.17) is 4.74 Å². The van der Waals surface area contributed by atoms with Gasteiger partial charge in [-0.05, 0) is 25.5 Å². The quantitative estimate of drug-likeness (QED) is 0.902. The molecule has 1 aliphatic heterocycles. The van der Waals surface area contributed by atoms with Gasteiger partial charge in [0.2, 0.25) is 0 Å². The lowest BCUT2D eigenvalue weighted by Gasteiger charge is -2.14. The van der Waals surface area contributed by atoms with Crippen molar-refractivity contribution in [3.63, 3.8) is 0 Å². The van der Waals surface area contributed by atoms with Crippen LogP contribution in [0.3, 0.4) is 0 Å². The Hall–Kier alpha value is -2.34. The number of ether oxygens (including phenoxy) is 1. The highest BCUT2D eigenvalue weighted by atomic mass is 16.5. The number of amides is 1. The van der Waals surface area contributed by atoms with Gasteiger partial charge in [0.15, 0.2) is 0 Å². The lowest BCUT2D eigenvalue weighted by Crippen LogP contribution is -2.29. The van der Waals surface area contributed by atoms with E-state index in [1.54, 1.807) is 12.0 Å². The molecule has 6 nitrogen and oxygen atoms in total. The molecule has 2 aromatic rings. The molecule has 1 aliphatic rings. The van der Waals surface area contributed by atoms with E-state index in [0.717, 1.165) is 23.4 Å². The molecule has 122 valence electrons. The number of aryl methyl sites for hydroxylation is 1. The average molecular weight is 315 g/mol. The zero-order chi connectivity index (χ0) is 16.4. The number of imidazole rings is 1. The van der Waals surface area contributed by atoms with Crippen molar-refractivity contribution in [1.82, 2.24) is 14.9 Å². The van der Waals surface area contributed by atoms with Crippen molar-refractivity contribution in [3.8, 4) is 17.1 Å². The lowest BCUT2D eigenvalue weighted by atomic mass is 10.1. The standard InChI is InChI=1S/C17H21N3O3/c1-11-15(17(22)20-7-6-12(9-20)10-21)19-16(18-11)13-4-3-5-14(8-13)23-2/h3-5,8,12,21H,6-7,9-10H2,1-2H3,(H,18,19). The predicted molar refractivity (Wildman–Crippen MR) is 86.4 cm³/mol. The number of aliphatic hydroxyl groups excluding tert-OH is 1. The number of nitrogens with zero attached hydrogens (tertiary/aromatic N) is 2. The van der Waals surface area contributed by atoms with Crippen LogP contribution in [-0.2, 0) is 0 Å². The van der Waals surface area contributed by atoms with E-state index < -0.39 is 0 Å². The predicted octanol–water partition coefficient (Wildman–Crippen LogP) is 1.85. The van der Waals surface area contributed by atoms with Crippen molar-refractivity contribution < 1.29 is 14.6 Å². The Morgan fingerprint density at radius 1 is 1.52 bits per heavy atom. The molecule has 2 N–H and O–H groups in total. The number of nitrogens with one attached hydrogen (secondary N) is 1. The minimum absolute atomic E-state index is 0.0798. The molecule has 3 rings (SSSR count). The number of carbonyl (C=O) groups is 1. The third-order valence-corrected chi connectivity index (χ3v) is 4.26. The first-order valence-electron chi connectivity index (χ1n) is 7.73. The molecule has 0 bridgehead atoms. The molecule has 0 aliphatic carbocycles. The maximum atomic E-state index is 12.6. The molecule has 1 aromatic carbocycles. The Kier molecular flexibility index (Phi) is 4.34. The van der Waals surface area contributed by atoms with E-state index in [2.05, 4.69) is 9.97 Å². The molecule has 0 spiro atoms. The molecule has 2 heterocycles. The first-order valence-corrected chi connectivity index (χ1v) is 7.73. The Labute approximate surface area is 135 Å². The van der Waals surface area contributed by atoms with Gasteiger partial charge in [-0.3, -0.25) is 4.79 Å². The molecular formula is C17H21N3O3. The number of aliphatic hydroxyl groups is 1. The van der Waals surface area contributed by atoms with Crippen molar-refractivity contribution in [2.45, 2.75) is 13.3 Å². The first-order chi connectivity index (χ1) is 11.1. The summed E-state index contributed by atoms with van der Waals surface area (Å²) in [6, 6.07) is 7.56.